The lowest BCUT2D eigenvalue weighted by atomic mass is 9.99. The van der Waals surface area contributed by atoms with Crippen LogP contribution in [0.25, 0.3) is 10.8 Å². The van der Waals surface area contributed by atoms with Crippen LogP contribution in [-0.4, -0.2) is 49.3 Å². The van der Waals surface area contributed by atoms with Gasteiger partial charge in [0.15, 0.2) is 0 Å². The first-order valence-electron chi connectivity index (χ1n) is 12.1. The Balaban J connectivity index is 1.84. The average molecular weight is 502 g/mol. The molecule has 4 N–H and O–H groups in total. The van der Waals surface area contributed by atoms with Gasteiger partial charge < -0.3 is 26.2 Å². The lowest BCUT2D eigenvalue weighted by Gasteiger charge is -2.27. The number of nitrogens with two attached hydrogens (primary N) is 1. The highest BCUT2D eigenvalue weighted by atomic mass is 16.2. The fraction of sp³-hybridized carbons (Fsp3) is 0.286. The minimum Gasteiger partial charge on any atom is -0.369 e. The van der Waals surface area contributed by atoms with E-state index in [2.05, 4.69) is 10.6 Å². The van der Waals surface area contributed by atoms with Gasteiger partial charge in [-0.2, -0.15) is 0 Å². The van der Waals surface area contributed by atoms with E-state index in [9.17, 15) is 19.2 Å². The molecule has 1 aliphatic heterocycles. The number of hydrogen-bond acceptors (Lipinski definition) is 5. The SMILES string of the molecule is CNC(C)C(=O)NC1CN(C(=O)CC(N)=O)c2ccccc2N(Cc2c(C)ccc3ccccc23)C1=O. The van der Waals surface area contributed by atoms with Gasteiger partial charge in [-0.3, -0.25) is 19.2 Å². The zero-order chi connectivity index (χ0) is 26.7. The van der Waals surface area contributed by atoms with E-state index in [4.69, 9.17) is 5.73 Å². The summed E-state index contributed by atoms with van der Waals surface area (Å²) in [6.07, 6.45) is -0.515. The van der Waals surface area contributed by atoms with Crippen LogP contribution in [0.2, 0.25) is 0 Å². The summed E-state index contributed by atoms with van der Waals surface area (Å²) >= 11 is 0. The van der Waals surface area contributed by atoms with E-state index in [1.807, 2.05) is 43.3 Å². The van der Waals surface area contributed by atoms with Crippen molar-refractivity contribution in [1.82, 2.24) is 10.6 Å². The van der Waals surface area contributed by atoms with Crippen LogP contribution in [0.15, 0.2) is 60.7 Å². The fourth-order valence-electron chi connectivity index (χ4n) is 4.58. The van der Waals surface area contributed by atoms with Gasteiger partial charge in [0.25, 0.3) is 5.91 Å². The molecule has 0 radical (unpaired) electrons. The van der Waals surface area contributed by atoms with Gasteiger partial charge in [0.2, 0.25) is 17.7 Å². The molecule has 2 atom stereocenters. The third kappa shape index (κ3) is 5.31. The largest absolute Gasteiger partial charge is 0.369 e. The number of likely N-dealkylation sites (N-methyl/N-ethyl adjacent to an activating group) is 1. The van der Waals surface area contributed by atoms with Crippen LogP contribution in [0.3, 0.4) is 0 Å². The van der Waals surface area contributed by atoms with E-state index < -0.39 is 30.3 Å². The average Bonchev–Trinajstić information content (AvgIpc) is 2.99. The Morgan fingerprint density at radius 3 is 2.41 bits per heavy atom. The van der Waals surface area contributed by atoms with E-state index in [-0.39, 0.29) is 24.9 Å². The van der Waals surface area contributed by atoms with Crippen molar-refractivity contribution in [1.29, 1.82) is 0 Å². The topological polar surface area (TPSA) is 125 Å². The van der Waals surface area contributed by atoms with E-state index in [0.29, 0.717) is 11.4 Å². The van der Waals surface area contributed by atoms with E-state index >= 15 is 0 Å². The molecule has 3 aromatic carbocycles. The highest BCUT2D eigenvalue weighted by Gasteiger charge is 2.37. The summed E-state index contributed by atoms with van der Waals surface area (Å²) in [6.45, 7) is 3.77. The van der Waals surface area contributed by atoms with Crippen molar-refractivity contribution in [2.24, 2.45) is 5.73 Å². The van der Waals surface area contributed by atoms with Crippen LogP contribution in [0.1, 0.15) is 24.5 Å². The number of hydrogen-bond donors (Lipinski definition) is 3. The lowest BCUT2D eigenvalue weighted by Crippen LogP contribution is -2.56. The standard InChI is InChI=1S/C28H31N5O4/c1-17-12-13-19-8-4-5-9-20(19)21(17)15-33-24-11-7-6-10-23(24)32(26(35)14-25(29)34)16-22(28(33)37)31-27(36)18(2)30-3/h4-13,18,22,30H,14-16H2,1-3H3,(H2,29,34)(H,31,36). The number of aryl methyl sites for hydroxylation is 1. The smallest absolute Gasteiger partial charge is 0.251 e. The Hall–Kier alpha value is -4.24. The highest BCUT2D eigenvalue weighted by Crippen LogP contribution is 2.35. The monoisotopic (exact) mass is 501 g/mol. The van der Waals surface area contributed by atoms with E-state index in [1.165, 1.54) is 4.90 Å². The minimum atomic E-state index is -1.04. The zero-order valence-corrected chi connectivity index (χ0v) is 21.2. The van der Waals surface area contributed by atoms with Crippen molar-refractivity contribution in [2.45, 2.75) is 38.9 Å². The first-order valence-corrected chi connectivity index (χ1v) is 12.1. The molecule has 0 fully saturated rings. The first kappa shape index (κ1) is 25.8. The maximum Gasteiger partial charge on any atom is 0.251 e. The van der Waals surface area contributed by atoms with Gasteiger partial charge in [0, 0.05) is 0 Å². The molecular formula is C28H31N5O4. The number of para-hydroxylation sites is 2. The van der Waals surface area contributed by atoms with E-state index in [1.54, 1.807) is 43.1 Å². The predicted molar refractivity (Wildman–Crippen MR) is 143 cm³/mol. The van der Waals surface area contributed by atoms with Gasteiger partial charge in [-0.1, -0.05) is 48.5 Å². The maximum atomic E-state index is 14.1. The van der Waals surface area contributed by atoms with E-state index in [0.717, 1.165) is 21.9 Å². The molecule has 9 nitrogen and oxygen atoms in total. The Kier molecular flexibility index (Phi) is 7.54. The second-order valence-corrected chi connectivity index (χ2v) is 9.21. The molecule has 4 amide bonds. The van der Waals surface area contributed by atoms with Crippen molar-refractivity contribution >= 4 is 45.8 Å². The number of nitrogens with one attached hydrogen (secondary N) is 2. The van der Waals surface area contributed by atoms with Gasteiger partial charge >= 0.3 is 0 Å². The molecule has 192 valence electrons. The van der Waals surface area contributed by atoms with Crippen molar-refractivity contribution in [3.8, 4) is 0 Å². The molecule has 0 spiro atoms. The molecule has 0 saturated heterocycles. The number of rotatable bonds is 7. The summed E-state index contributed by atoms with van der Waals surface area (Å²) in [5, 5.41) is 7.72. The number of fused-ring (bicyclic) bond motifs is 2. The summed E-state index contributed by atoms with van der Waals surface area (Å²) in [7, 11) is 1.65. The molecule has 2 unspecified atom stereocenters. The number of carbonyl (C=O) groups is 4. The van der Waals surface area contributed by atoms with Crippen LogP contribution < -0.4 is 26.2 Å². The number of carbonyl (C=O) groups excluding carboxylic acids is 4. The zero-order valence-electron chi connectivity index (χ0n) is 21.2. The van der Waals surface area contributed by atoms with Crippen LogP contribution in [0, 0.1) is 6.92 Å². The van der Waals surface area contributed by atoms with Gasteiger partial charge in [-0.25, -0.2) is 0 Å². The number of nitrogens with zero attached hydrogens (tertiary/aromatic N) is 2. The Bertz CT molecular complexity index is 1370. The molecule has 3 aromatic rings. The lowest BCUT2D eigenvalue weighted by molar-refractivity contribution is -0.129. The minimum absolute atomic E-state index is 0.130. The Morgan fingerprint density at radius 2 is 1.70 bits per heavy atom. The Labute approximate surface area is 215 Å². The third-order valence-electron chi connectivity index (χ3n) is 6.75. The van der Waals surface area contributed by atoms with Crippen molar-refractivity contribution in [3.63, 3.8) is 0 Å². The molecule has 4 rings (SSSR count). The van der Waals surface area contributed by atoms with Crippen molar-refractivity contribution in [2.75, 3.05) is 23.4 Å². The van der Waals surface area contributed by atoms with Crippen LogP contribution in [-0.2, 0) is 25.7 Å². The molecule has 0 aliphatic carbocycles. The molecular weight excluding hydrogens is 470 g/mol. The van der Waals surface area contributed by atoms with Gasteiger partial charge in [0.05, 0.1) is 30.5 Å². The second kappa shape index (κ2) is 10.8. The number of benzene rings is 3. The molecule has 0 saturated carbocycles. The summed E-state index contributed by atoms with van der Waals surface area (Å²) < 4.78 is 0. The molecule has 0 aromatic heterocycles. The molecule has 0 bridgehead atoms. The summed E-state index contributed by atoms with van der Waals surface area (Å²) in [5.41, 5.74) is 8.28. The van der Waals surface area contributed by atoms with Crippen LogP contribution in [0.4, 0.5) is 11.4 Å². The summed E-state index contributed by atoms with van der Waals surface area (Å²) in [4.78, 5) is 54.5. The molecule has 1 heterocycles. The van der Waals surface area contributed by atoms with Gasteiger partial charge in [-0.05, 0) is 54.9 Å². The first-order chi connectivity index (χ1) is 17.7. The highest BCUT2D eigenvalue weighted by molar-refractivity contribution is 6.11. The van der Waals surface area contributed by atoms with Crippen LogP contribution in [0.5, 0.6) is 0 Å². The maximum absolute atomic E-state index is 14.1. The Morgan fingerprint density at radius 1 is 1.03 bits per heavy atom. The quantitative estimate of drug-likeness (QED) is 0.427. The molecule has 9 heteroatoms. The van der Waals surface area contributed by atoms with Gasteiger partial charge in [-0.15, -0.1) is 0 Å². The molecule has 1 aliphatic rings. The number of primary amides is 1. The third-order valence-corrected chi connectivity index (χ3v) is 6.75. The number of anilines is 2. The predicted octanol–water partition coefficient (Wildman–Crippen LogP) is 2.00. The fourth-order valence-corrected chi connectivity index (χ4v) is 4.58. The second-order valence-electron chi connectivity index (χ2n) is 9.21. The summed E-state index contributed by atoms with van der Waals surface area (Å²) in [5.74, 6) is -2.05. The summed E-state index contributed by atoms with van der Waals surface area (Å²) in [6, 6.07) is 17.5. The van der Waals surface area contributed by atoms with Crippen molar-refractivity contribution < 1.29 is 19.2 Å². The number of amides is 4. The van der Waals surface area contributed by atoms with Gasteiger partial charge in [0.1, 0.15) is 12.5 Å². The molecule has 37 heavy (non-hydrogen) atoms. The van der Waals surface area contributed by atoms with Crippen LogP contribution >= 0.6 is 0 Å². The van der Waals surface area contributed by atoms with Crippen molar-refractivity contribution in [3.05, 3.63) is 71.8 Å². The normalized spacial score (nSPS) is 16.2.